The maximum atomic E-state index is 9.55. The molecule has 92 valence electrons. The van der Waals surface area contributed by atoms with Crippen molar-refractivity contribution in [2.75, 3.05) is 0 Å². The zero-order valence-electron chi connectivity index (χ0n) is 7.29. The summed E-state index contributed by atoms with van der Waals surface area (Å²) in [5.74, 6) is -2.51. The molecule has 0 rings (SSSR count). The summed E-state index contributed by atoms with van der Waals surface area (Å²) in [4.78, 5) is 35.8. The van der Waals surface area contributed by atoms with Gasteiger partial charge in [-0.15, -0.1) is 20.2 Å². The van der Waals surface area contributed by atoms with Crippen LogP contribution in [0.15, 0.2) is 12.2 Å². The molecule has 0 bridgehead atoms. The first-order chi connectivity index (χ1) is 7.09. The monoisotopic (exact) mass is 242 g/mol. The molecule has 0 radical (unpaired) electrons. The summed E-state index contributed by atoms with van der Waals surface area (Å²) < 4.78 is 0. The Morgan fingerprint density at radius 2 is 1.00 bits per heavy atom. The molecule has 0 aliphatic rings. The summed E-state index contributed by atoms with van der Waals surface area (Å²) in [6, 6.07) is 0. The van der Waals surface area contributed by atoms with Gasteiger partial charge in [-0.05, 0) is 0 Å². The molecule has 0 aromatic carbocycles. The third-order valence-electron chi connectivity index (χ3n) is 0.368. The fourth-order valence-corrected chi connectivity index (χ4v) is 0.143. The highest BCUT2D eigenvalue weighted by Crippen LogP contribution is 1.70. The van der Waals surface area contributed by atoms with Crippen molar-refractivity contribution in [1.29, 1.82) is 0 Å². The minimum Gasteiger partial charge on any atom is -0.478 e. The number of hydrogen-bond acceptors (Lipinski definition) is 6. The highest BCUT2D eigenvalue weighted by molar-refractivity contribution is 5.89. The minimum atomic E-state index is -1.50. The normalized spacial score (nSPS) is 7.75. The van der Waals surface area contributed by atoms with Gasteiger partial charge in [-0.25, -0.2) is 9.59 Å². The predicted molar refractivity (Wildman–Crippen MR) is 42.0 cm³/mol. The van der Waals surface area contributed by atoms with Crippen molar-refractivity contribution in [3.8, 4) is 0 Å². The molecule has 0 saturated heterocycles. The number of hydrogen-bond donors (Lipinski definition) is 4. The van der Waals surface area contributed by atoms with E-state index >= 15 is 0 Å². The largest absolute Gasteiger partial charge is 0.478 e. The SMILES string of the molecule is O=C(O)/C=C\C(=O)O.O=[N+]([O-])O.O=[N+]([O-])O. The number of carboxylic acids is 2. The third kappa shape index (κ3) is 260. The van der Waals surface area contributed by atoms with Crippen molar-refractivity contribution in [1.82, 2.24) is 0 Å². The van der Waals surface area contributed by atoms with Gasteiger partial charge in [-0.3, -0.25) is 0 Å². The van der Waals surface area contributed by atoms with Gasteiger partial charge in [0.2, 0.25) is 0 Å². The molecule has 0 aliphatic carbocycles. The Morgan fingerprint density at radius 1 is 0.875 bits per heavy atom. The molecule has 16 heavy (non-hydrogen) atoms. The van der Waals surface area contributed by atoms with Crippen molar-refractivity contribution in [2.24, 2.45) is 0 Å². The molecular weight excluding hydrogens is 236 g/mol. The Balaban J connectivity index is -0.000000179. The van der Waals surface area contributed by atoms with E-state index in [2.05, 4.69) is 0 Å². The number of carbonyl (C=O) groups is 2. The molecule has 0 heterocycles. The maximum Gasteiger partial charge on any atom is 0.328 e. The zero-order chi connectivity index (χ0) is 13.7. The molecule has 0 amide bonds. The fraction of sp³-hybridized carbons (Fsp3) is 0. The first kappa shape index (κ1) is 18.8. The van der Waals surface area contributed by atoms with Gasteiger partial charge in [0, 0.05) is 12.2 Å². The molecule has 12 heteroatoms. The van der Waals surface area contributed by atoms with Crippen LogP contribution in [0.3, 0.4) is 0 Å². The number of carboxylic acid groups (broad SMARTS) is 2. The number of nitrogens with zero attached hydrogens (tertiary/aromatic N) is 2. The third-order valence-corrected chi connectivity index (χ3v) is 0.368. The van der Waals surface area contributed by atoms with Crippen LogP contribution in [0.4, 0.5) is 0 Å². The summed E-state index contributed by atoms with van der Waals surface area (Å²) in [6.45, 7) is 0. The van der Waals surface area contributed by atoms with Crippen molar-refractivity contribution < 1.29 is 40.4 Å². The highest BCUT2D eigenvalue weighted by Gasteiger charge is 1.88. The van der Waals surface area contributed by atoms with Gasteiger partial charge in [-0.2, -0.15) is 0 Å². The highest BCUT2D eigenvalue weighted by atomic mass is 16.9. The van der Waals surface area contributed by atoms with Crippen molar-refractivity contribution >= 4 is 11.9 Å². The average molecular weight is 242 g/mol. The van der Waals surface area contributed by atoms with Gasteiger partial charge in [0.05, 0.1) is 0 Å². The van der Waals surface area contributed by atoms with Crippen LogP contribution in [-0.2, 0) is 9.59 Å². The van der Waals surface area contributed by atoms with E-state index in [1.807, 2.05) is 0 Å². The Kier molecular flexibility index (Phi) is 14.2. The average Bonchev–Trinajstić information content (AvgIpc) is 1.98. The summed E-state index contributed by atoms with van der Waals surface area (Å²) in [6.07, 6.45) is 1.12. The first-order valence-corrected chi connectivity index (χ1v) is 2.90. The van der Waals surface area contributed by atoms with E-state index in [0.29, 0.717) is 12.2 Å². The van der Waals surface area contributed by atoms with Crippen molar-refractivity contribution in [3.63, 3.8) is 0 Å². The molecular formula is C4H6N2O10. The second kappa shape index (κ2) is 12.1. The Morgan fingerprint density at radius 3 is 1.06 bits per heavy atom. The van der Waals surface area contributed by atoms with Gasteiger partial charge in [0.25, 0.3) is 10.2 Å². The Hall–Kier alpha value is -2.92. The van der Waals surface area contributed by atoms with Crippen LogP contribution in [0.1, 0.15) is 0 Å². The molecule has 0 saturated carbocycles. The standard InChI is InChI=1S/C4H4O4.2HNO3/c5-3(6)1-2-4(7)8;2*2-1(3)4/h1-2H,(H,5,6)(H,7,8);2*(H,2,3,4)/b2-1-;;. The maximum absolute atomic E-state index is 9.55. The van der Waals surface area contributed by atoms with Crippen LogP contribution in [-0.4, -0.2) is 42.7 Å². The van der Waals surface area contributed by atoms with Crippen LogP contribution in [0.25, 0.3) is 0 Å². The second-order valence-corrected chi connectivity index (χ2v) is 1.49. The molecule has 0 spiro atoms. The number of aliphatic carboxylic acids is 2. The van der Waals surface area contributed by atoms with Gasteiger partial charge >= 0.3 is 11.9 Å². The topological polar surface area (TPSA) is 201 Å². The van der Waals surface area contributed by atoms with Crippen LogP contribution >= 0.6 is 0 Å². The Labute approximate surface area is 85.9 Å². The van der Waals surface area contributed by atoms with Gasteiger partial charge in [0.15, 0.2) is 0 Å². The lowest BCUT2D eigenvalue weighted by atomic mass is 10.5. The van der Waals surface area contributed by atoms with Gasteiger partial charge < -0.3 is 20.6 Å². The smallest absolute Gasteiger partial charge is 0.328 e. The van der Waals surface area contributed by atoms with Gasteiger partial charge in [0.1, 0.15) is 0 Å². The van der Waals surface area contributed by atoms with E-state index in [-0.39, 0.29) is 0 Å². The second-order valence-electron chi connectivity index (χ2n) is 1.49. The summed E-state index contributed by atoms with van der Waals surface area (Å²) in [5.41, 5.74) is 0. The van der Waals surface area contributed by atoms with E-state index in [0.717, 1.165) is 0 Å². The fourth-order valence-electron chi connectivity index (χ4n) is 0.143. The van der Waals surface area contributed by atoms with Crippen LogP contribution in [0.2, 0.25) is 0 Å². The molecule has 0 fully saturated rings. The van der Waals surface area contributed by atoms with E-state index < -0.39 is 22.1 Å². The molecule has 0 aromatic heterocycles. The quantitative estimate of drug-likeness (QED) is 0.264. The van der Waals surface area contributed by atoms with Crippen LogP contribution < -0.4 is 0 Å². The van der Waals surface area contributed by atoms with E-state index in [4.69, 9.17) is 40.9 Å². The lowest BCUT2D eigenvalue weighted by Crippen LogP contribution is -1.91. The zero-order valence-corrected chi connectivity index (χ0v) is 7.29. The molecule has 0 unspecified atom stereocenters. The van der Waals surface area contributed by atoms with Crippen molar-refractivity contribution in [2.45, 2.75) is 0 Å². The number of rotatable bonds is 2. The van der Waals surface area contributed by atoms with Gasteiger partial charge in [-0.1, -0.05) is 0 Å². The molecule has 0 aromatic rings. The lowest BCUT2D eigenvalue weighted by Gasteiger charge is -1.74. The van der Waals surface area contributed by atoms with E-state index in [1.165, 1.54) is 0 Å². The van der Waals surface area contributed by atoms with Crippen LogP contribution in [0, 0.1) is 20.2 Å². The first-order valence-electron chi connectivity index (χ1n) is 2.90. The molecule has 4 N–H and O–H groups in total. The molecule has 12 nitrogen and oxygen atoms in total. The summed E-state index contributed by atoms with van der Waals surface area (Å²) >= 11 is 0. The lowest BCUT2D eigenvalue weighted by molar-refractivity contribution is -0.742. The Bertz CT molecular complexity index is 247. The molecule has 0 aliphatic heterocycles. The predicted octanol–water partition coefficient (Wildman–Crippen LogP) is -0.984. The summed E-state index contributed by atoms with van der Waals surface area (Å²) in [5, 5.41) is 42.9. The van der Waals surface area contributed by atoms with Crippen molar-refractivity contribution in [3.05, 3.63) is 32.4 Å². The van der Waals surface area contributed by atoms with E-state index in [9.17, 15) is 9.59 Å². The minimum absolute atomic E-state index is 0.558. The molecule has 0 atom stereocenters. The summed E-state index contributed by atoms with van der Waals surface area (Å²) in [7, 11) is 0. The van der Waals surface area contributed by atoms with Crippen LogP contribution in [0.5, 0.6) is 0 Å². The van der Waals surface area contributed by atoms with E-state index in [1.54, 1.807) is 0 Å².